The molecule has 2 saturated heterocycles. The first-order valence-corrected chi connectivity index (χ1v) is 3.98. The van der Waals surface area contributed by atoms with Gasteiger partial charge in [-0.1, -0.05) is 0 Å². The standard InChI is InChI=1S/C7H12N2O2.ClH/c10-7-4-11-6-1-2-8-3-5(6)9-7;/h5-6,8H,1-4H2,(H,9,10);1H/t5-,6+;/m1./s1. The summed E-state index contributed by atoms with van der Waals surface area (Å²) in [5, 5.41) is 6.10. The molecule has 4 nitrogen and oxygen atoms in total. The first kappa shape index (κ1) is 9.77. The maximum Gasteiger partial charge on any atom is 0.246 e. The molecule has 5 heteroatoms. The predicted molar refractivity (Wildman–Crippen MR) is 46.4 cm³/mol. The van der Waals surface area contributed by atoms with E-state index in [0.717, 1.165) is 19.5 Å². The van der Waals surface area contributed by atoms with Gasteiger partial charge >= 0.3 is 0 Å². The molecule has 0 radical (unpaired) electrons. The molecule has 70 valence electrons. The third kappa shape index (κ3) is 1.88. The number of ether oxygens (including phenoxy) is 1. The maximum absolute atomic E-state index is 10.9. The van der Waals surface area contributed by atoms with Crippen LogP contribution in [0.5, 0.6) is 0 Å². The van der Waals surface area contributed by atoms with Crippen molar-refractivity contribution >= 4 is 18.3 Å². The minimum atomic E-state index is 0. The lowest BCUT2D eigenvalue weighted by atomic mass is 10.0. The molecule has 2 atom stereocenters. The van der Waals surface area contributed by atoms with Crippen molar-refractivity contribution < 1.29 is 9.53 Å². The van der Waals surface area contributed by atoms with Crippen LogP contribution in [0.15, 0.2) is 0 Å². The van der Waals surface area contributed by atoms with Gasteiger partial charge in [-0.05, 0) is 13.0 Å². The molecular formula is C7H13ClN2O2. The van der Waals surface area contributed by atoms with E-state index in [4.69, 9.17) is 4.74 Å². The lowest BCUT2D eigenvalue weighted by Crippen LogP contribution is -2.59. The first-order valence-electron chi connectivity index (χ1n) is 3.98. The van der Waals surface area contributed by atoms with Gasteiger partial charge in [0.2, 0.25) is 5.91 Å². The van der Waals surface area contributed by atoms with Gasteiger partial charge < -0.3 is 15.4 Å². The van der Waals surface area contributed by atoms with Crippen LogP contribution in [0.2, 0.25) is 0 Å². The molecule has 0 aromatic rings. The van der Waals surface area contributed by atoms with Gasteiger partial charge in [-0.15, -0.1) is 12.4 Å². The molecule has 0 spiro atoms. The Labute approximate surface area is 77.4 Å². The molecule has 0 unspecified atom stereocenters. The summed E-state index contributed by atoms with van der Waals surface area (Å²) >= 11 is 0. The van der Waals surface area contributed by atoms with Gasteiger partial charge in [0.1, 0.15) is 6.61 Å². The molecule has 2 fully saturated rings. The molecule has 2 heterocycles. The number of amides is 1. The van der Waals surface area contributed by atoms with Crippen molar-refractivity contribution in [3.8, 4) is 0 Å². The number of piperidine rings is 1. The highest BCUT2D eigenvalue weighted by Gasteiger charge is 2.31. The van der Waals surface area contributed by atoms with E-state index >= 15 is 0 Å². The molecule has 0 aliphatic carbocycles. The van der Waals surface area contributed by atoms with Gasteiger partial charge in [-0.25, -0.2) is 0 Å². The first-order chi connectivity index (χ1) is 5.36. The van der Waals surface area contributed by atoms with Crippen LogP contribution in [0.4, 0.5) is 0 Å². The predicted octanol–water partition coefficient (Wildman–Crippen LogP) is -0.715. The minimum absolute atomic E-state index is 0. The zero-order chi connectivity index (χ0) is 7.68. The van der Waals surface area contributed by atoms with E-state index in [2.05, 4.69) is 10.6 Å². The Bertz CT molecular complexity index is 177. The average Bonchev–Trinajstić information content (AvgIpc) is 2.04. The Hall–Kier alpha value is -0.320. The fourth-order valence-electron chi connectivity index (χ4n) is 1.61. The normalized spacial score (nSPS) is 34.5. The van der Waals surface area contributed by atoms with Crippen LogP contribution in [-0.2, 0) is 9.53 Å². The van der Waals surface area contributed by atoms with Gasteiger partial charge in [0.15, 0.2) is 0 Å². The van der Waals surface area contributed by atoms with E-state index in [9.17, 15) is 4.79 Å². The van der Waals surface area contributed by atoms with Gasteiger partial charge in [0.05, 0.1) is 12.1 Å². The van der Waals surface area contributed by atoms with Crippen molar-refractivity contribution in [3.05, 3.63) is 0 Å². The number of nitrogens with one attached hydrogen (secondary N) is 2. The topological polar surface area (TPSA) is 50.4 Å². The summed E-state index contributed by atoms with van der Waals surface area (Å²) in [5.41, 5.74) is 0. The van der Waals surface area contributed by atoms with Crippen LogP contribution in [0, 0.1) is 0 Å². The van der Waals surface area contributed by atoms with Gasteiger partial charge in [0.25, 0.3) is 0 Å². The molecule has 2 aliphatic heterocycles. The number of halogens is 1. The summed E-state index contributed by atoms with van der Waals surface area (Å²) in [5.74, 6) is 0.00921. The Balaban J connectivity index is 0.000000720. The molecule has 12 heavy (non-hydrogen) atoms. The zero-order valence-electron chi connectivity index (χ0n) is 6.71. The molecule has 0 aromatic carbocycles. The summed E-state index contributed by atoms with van der Waals surface area (Å²) in [7, 11) is 0. The van der Waals surface area contributed by atoms with Crippen molar-refractivity contribution in [2.45, 2.75) is 18.6 Å². The second-order valence-electron chi connectivity index (χ2n) is 3.02. The fourth-order valence-corrected chi connectivity index (χ4v) is 1.61. The van der Waals surface area contributed by atoms with Crippen LogP contribution in [-0.4, -0.2) is 37.7 Å². The molecule has 1 amide bonds. The van der Waals surface area contributed by atoms with Gasteiger partial charge in [-0.2, -0.15) is 0 Å². The largest absolute Gasteiger partial charge is 0.366 e. The number of morpholine rings is 1. The third-order valence-corrected chi connectivity index (χ3v) is 2.19. The number of fused-ring (bicyclic) bond motifs is 1. The minimum Gasteiger partial charge on any atom is -0.366 e. The van der Waals surface area contributed by atoms with E-state index in [0.29, 0.717) is 0 Å². The summed E-state index contributed by atoms with van der Waals surface area (Å²) in [6.45, 7) is 2.08. The number of carbonyl (C=O) groups is 1. The van der Waals surface area contributed by atoms with E-state index in [-0.39, 0.29) is 37.1 Å². The third-order valence-electron chi connectivity index (χ3n) is 2.19. The summed E-state index contributed by atoms with van der Waals surface area (Å²) < 4.78 is 5.34. The fraction of sp³-hybridized carbons (Fsp3) is 0.857. The SMILES string of the molecule is Cl.O=C1CO[C@H]2CCNC[C@H]2N1. The monoisotopic (exact) mass is 192 g/mol. The smallest absolute Gasteiger partial charge is 0.246 e. The highest BCUT2D eigenvalue weighted by molar-refractivity contribution is 5.85. The maximum atomic E-state index is 10.9. The second-order valence-corrected chi connectivity index (χ2v) is 3.02. The molecule has 0 bridgehead atoms. The van der Waals surface area contributed by atoms with Gasteiger partial charge in [-0.3, -0.25) is 4.79 Å². The van der Waals surface area contributed by atoms with Gasteiger partial charge in [0, 0.05) is 6.54 Å². The Kier molecular flexibility index (Phi) is 3.31. The Morgan fingerprint density at radius 2 is 2.33 bits per heavy atom. The van der Waals surface area contributed by atoms with E-state index in [1.165, 1.54) is 0 Å². The Morgan fingerprint density at radius 1 is 1.50 bits per heavy atom. The zero-order valence-corrected chi connectivity index (χ0v) is 7.52. The molecule has 2 rings (SSSR count). The molecule has 0 aromatic heterocycles. The number of rotatable bonds is 0. The van der Waals surface area contributed by atoms with Crippen LogP contribution >= 0.6 is 12.4 Å². The second kappa shape index (κ2) is 4.07. The van der Waals surface area contributed by atoms with Crippen molar-refractivity contribution in [1.29, 1.82) is 0 Å². The van der Waals surface area contributed by atoms with Crippen molar-refractivity contribution in [2.75, 3.05) is 19.7 Å². The molecule has 0 saturated carbocycles. The number of hydrogen-bond donors (Lipinski definition) is 2. The van der Waals surface area contributed by atoms with Crippen molar-refractivity contribution in [3.63, 3.8) is 0 Å². The molecular weight excluding hydrogens is 180 g/mol. The highest BCUT2D eigenvalue weighted by atomic mass is 35.5. The molecule has 2 N–H and O–H groups in total. The lowest BCUT2D eigenvalue weighted by molar-refractivity contribution is -0.138. The highest BCUT2D eigenvalue weighted by Crippen LogP contribution is 2.11. The summed E-state index contributed by atoms with van der Waals surface area (Å²) in [6, 6.07) is 0.199. The summed E-state index contributed by atoms with van der Waals surface area (Å²) in [4.78, 5) is 10.9. The van der Waals surface area contributed by atoms with Crippen LogP contribution in [0.1, 0.15) is 6.42 Å². The molecule has 2 aliphatic rings. The van der Waals surface area contributed by atoms with E-state index in [1.54, 1.807) is 0 Å². The summed E-state index contributed by atoms with van der Waals surface area (Å²) in [6.07, 6.45) is 1.25. The van der Waals surface area contributed by atoms with Crippen molar-refractivity contribution in [2.24, 2.45) is 0 Å². The number of hydrogen-bond acceptors (Lipinski definition) is 3. The Morgan fingerprint density at radius 3 is 3.17 bits per heavy atom. The van der Waals surface area contributed by atoms with Crippen LogP contribution < -0.4 is 10.6 Å². The van der Waals surface area contributed by atoms with Crippen LogP contribution in [0.25, 0.3) is 0 Å². The quantitative estimate of drug-likeness (QED) is 0.533. The van der Waals surface area contributed by atoms with Crippen LogP contribution in [0.3, 0.4) is 0 Å². The number of carbonyl (C=O) groups excluding carboxylic acids is 1. The lowest BCUT2D eigenvalue weighted by Gasteiger charge is -2.35. The van der Waals surface area contributed by atoms with E-state index in [1.807, 2.05) is 0 Å². The van der Waals surface area contributed by atoms with E-state index < -0.39 is 0 Å². The average molecular weight is 193 g/mol. The van der Waals surface area contributed by atoms with Crippen molar-refractivity contribution in [1.82, 2.24) is 10.6 Å².